The molecule has 2 N–H and O–H groups in total. The van der Waals surface area contributed by atoms with Crippen LogP contribution >= 0.6 is 27.7 Å². The Labute approximate surface area is 215 Å². The molecule has 2 aliphatic rings. The van der Waals surface area contributed by atoms with E-state index in [9.17, 15) is 21.6 Å². The van der Waals surface area contributed by atoms with Crippen LogP contribution < -0.4 is 15.0 Å². The monoisotopic (exact) mass is 608 g/mol. The second kappa shape index (κ2) is 9.54. The molecule has 0 spiro atoms. The molecule has 1 fully saturated rings. The van der Waals surface area contributed by atoms with Crippen LogP contribution in [-0.2, 0) is 16.6 Å². The summed E-state index contributed by atoms with van der Waals surface area (Å²) in [6.45, 7) is 0.155. The van der Waals surface area contributed by atoms with Crippen molar-refractivity contribution in [1.82, 2.24) is 23.8 Å². The fourth-order valence-electron chi connectivity index (χ4n) is 4.26. The number of hydrogen-bond acceptors (Lipinski definition) is 8. The van der Waals surface area contributed by atoms with Crippen LogP contribution in [0.4, 0.5) is 13.2 Å². The maximum absolute atomic E-state index is 13.2. The number of fused-ring (bicyclic) bond motifs is 2. The minimum atomic E-state index is -5.41. The molecule has 1 unspecified atom stereocenters. The normalized spacial score (nSPS) is 18.7. The molecule has 0 saturated carbocycles. The van der Waals surface area contributed by atoms with Gasteiger partial charge < -0.3 is 19.0 Å². The van der Waals surface area contributed by atoms with Crippen molar-refractivity contribution in [2.45, 2.75) is 53.8 Å². The Morgan fingerprint density at radius 1 is 1.25 bits per heavy atom. The standard InChI is InChI=1S/C20H20BrF3N6O4S2/c21-12-7-13-14(34-10-33-13)8-15(12)35-19-27-16-17(25)26-9-29(18(16)28-19)6-4-11-3-1-2-5-30(11)36(31,32)20(22,23)24/h7-9,11,25H,1-6,10H2,(H,27,28). The number of ether oxygens (including phenoxy) is 2. The van der Waals surface area contributed by atoms with Gasteiger partial charge in [-0.2, -0.15) is 17.5 Å². The van der Waals surface area contributed by atoms with E-state index in [-0.39, 0.29) is 31.8 Å². The van der Waals surface area contributed by atoms with Gasteiger partial charge in [-0.3, -0.25) is 5.41 Å². The molecule has 1 atom stereocenters. The number of hydrogen-bond donors (Lipinski definition) is 2. The lowest BCUT2D eigenvalue weighted by Crippen LogP contribution is -2.49. The number of piperidine rings is 1. The number of aromatic nitrogens is 4. The smallest absolute Gasteiger partial charge is 0.454 e. The van der Waals surface area contributed by atoms with Crippen LogP contribution in [0.5, 0.6) is 11.5 Å². The number of halogens is 4. The fourth-order valence-corrected chi connectivity index (χ4v) is 6.88. The maximum atomic E-state index is 13.2. The van der Waals surface area contributed by atoms with Crippen LogP contribution in [0.2, 0.25) is 0 Å². The van der Waals surface area contributed by atoms with Crippen molar-refractivity contribution in [3.63, 3.8) is 0 Å². The van der Waals surface area contributed by atoms with Crippen molar-refractivity contribution in [3.05, 3.63) is 28.4 Å². The highest BCUT2D eigenvalue weighted by Crippen LogP contribution is 2.42. The zero-order chi connectivity index (χ0) is 25.7. The van der Waals surface area contributed by atoms with Gasteiger partial charge in [0, 0.05) is 28.5 Å². The van der Waals surface area contributed by atoms with Gasteiger partial charge in [0.2, 0.25) is 6.79 Å². The molecule has 1 saturated heterocycles. The summed E-state index contributed by atoms with van der Waals surface area (Å²) in [4.78, 5) is 12.5. The number of nitrogens with zero attached hydrogens (tertiary/aromatic N) is 4. The van der Waals surface area contributed by atoms with Gasteiger partial charge >= 0.3 is 15.5 Å². The van der Waals surface area contributed by atoms with Crippen molar-refractivity contribution >= 4 is 48.9 Å². The summed E-state index contributed by atoms with van der Waals surface area (Å²) in [7, 11) is -5.41. The molecule has 0 aliphatic carbocycles. The topological polar surface area (TPSA) is 126 Å². The Balaban J connectivity index is 1.39. The minimum Gasteiger partial charge on any atom is -0.454 e. The Morgan fingerprint density at radius 2 is 2.00 bits per heavy atom. The van der Waals surface area contributed by atoms with Gasteiger partial charge in [0.1, 0.15) is 5.52 Å². The predicted octanol–water partition coefficient (Wildman–Crippen LogP) is 3.98. The third-order valence-corrected chi connectivity index (χ3v) is 9.56. The van der Waals surface area contributed by atoms with Gasteiger partial charge in [-0.15, -0.1) is 0 Å². The Hall–Kier alpha value is -2.30. The van der Waals surface area contributed by atoms with Gasteiger partial charge in [-0.25, -0.2) is 18.4 Å². The third-order valence-electron chi connectivity index (χ3n) is 6.01. The molecule has 0 bridgehead atoms. The molecule has 10 nitrogen and oxygen atoms in total. The van der Waals surface area contributed by atoms with Crippen molar-refractivity contribution in [2.75, 3.05) is 13.3 Å². The van der Waals surface area contributed by atoms with Gasteiger partial charge in [-0.05, 0) is 47.3 Å². The summed E-state index contributed by atoms with van der Waals surface area (Å²) in [6.07, 6.45) is 2.90. The highest BCUT2D eigenvalue weighted by Gasteiger charge is 2.52. The first-order valence-corrected chi connectivity index (χ1v) is 13.9. The third kappa shape index (κ3) is 4.70. The van der Waals surface area contributed by atoms with E-state index in [1.807, 2.05) is 0 Å². The number of nitrogens with one attached hydrogen (secondary N) is 2. The SMILES string of the molecule is N=c1ncn(CCC2CCCCN2S(=O)(=O)C(F)(F)F)c2nc(Sc3cc4c(cc3Br)OCO4)[nH]c12. The Bertz CT molecular complexity index is 1480. The fraction of sp³-hybridized carbons (Fsp3) is 0.450. The summed E-state index contributed by atoms with van der Waals surface area (Å²) < 4.78 is 77.5. The van der Waals surface area contributed by atoms with Gasteiger partial charge in [-0.1, -0.05) is 18.2 Å². The number of imidazole rings is 1. The van der Waals surface area contributed by atoms with E-state index in [1.165, 1.54) is 18.1 Å². The molecule has 3 aromatic rings. The molecule has 194 valence electrons. The van der Waals surface area contributed by atoms with E-state index in [0.29, 0.717) is 51.4 Å². The summed E-state index contributed by atoms with van der Waals surface area (Å²) in [5.41, 5.74) is -4.62. The first kappa shape index (κ1) is 25.4. The Kier molecular flexibility index (Phi) is 6.72. The molecule has 36 heavy (non-hydrogen) atoms. The summed E-state index contributed by atoms with van der Waals surface area (Å²) in [5.74, 6) is 1.22. The summed E-state index contributed by atoms with van der Waals surface area (Å²) >= 11 is 4.79. The molecule has 4 heterocycles. The van der Waals surface area contributed by atoms with Crippen molar-refractivity contribution in [2.24, 2.45) is 0 Å². The average molecular weight is 609 g/mol. The first-order valence-electron chi connectivity index (χ1n) is 10.9. The number of aromatic amines is 1. The molecule has 16 heteroatoms. The van der Waals surface area contributed by atoms with Gasteiger partial charge in [0.25, 0.3) is 0 Å². The molecule has 2 aromatic heterocycles. The van der Waals surface area contributed by atoms with E-state index >= 15 is 0 Å². The van der Waals surface area contributed by atoms with Crippen LogP contribution in [0.15, 0.2) is 33.0 Å². The largest absolute Gasteiger partial charge is 0.511 e. The zero-order valence-electron chi connectivity index (χ0n) is 18.5. The number of benzene rings is 1. The van der Waals surface area contributed by atoms with Crippen molar-refractivity contribution in [1.29, 1.82) is 5.41 Å². The van der Waals surface area contributed by atoms with E-state index in [2.05, 4.69) is 30.9 Å². The number of alkyl halides is 3. The average Bonchev–Trinajstić information content (AvgIpc) is 3.45. The lowest BCUT2D eigenvalue weighted by molar-refractivity contribution is -0.0510. The number of H-pyrrole nitrogens is 1. The second-order valence-corrected chi connectivity index (χ2v) is 12.0. The van der Waals surface area contributed by atoms with Gasteiger partial charge in [0.15, 0.2) is 27.8 Å². The first-order chi connectivity index (χ1) is 17.0. The van der Waals surface area contributed by atoms with Crippen LogP contribution in [0.1, 0.15) is 25.7 Å². The van der Waals surface area contributed by atoms with E-state index < -0.39 is 21.6 Å². The molecule has 0 radical (unpaired) electrons. The molecular formula is C20H20BrF3N6O4S2. The zero-order valence-corrected chi connectivity index (χ0v) is 21.7. The lowest BCUT2D eigenvalue weighted by Gasteiger charge is -2.35. The predicted molar refractivity (Wildman–Crippen MR) is 126 cm³/mol. The van der Waals surface area contributed by atoms with E-state index in [1.54, 1.807) is 16.7 Å². The summed E-state index contributed by atoms with van der Waals surface area (Å²) in [6, 6.07) is 2.80. The quantitative estimate of drug-likeness (QED) is 0.433. The van der Waals surface area contributed by atoms with Crippen molar-refractivity contribution < 1.29 is 31.1 Å². The number of rotatable bonds is 6. The molecule has 1 aromatic carbocycles. The summed E-state index contributed by atoms with van der Waals surface area (Å²) in [5, 5.41) is 8.61. The number of sulfonamides is 1. The highest BCUT2D eigenvalue weighted by atomic mass is 79.9. The lowest BCUT2D eigenvalue weighted by atomic mass is 10.0. The van der Waals surface area contributed by atoms with Crippen LogP contribution in [0, 0.1) is 5.41 Å². The van der Waals surface area contributed by atoms with Crippen molar-refractivity contribution in [3.8, 4) is 11.5 Å². The molecule has 0 amide bonds. The minimum absolute atomic E-state index is 0.0377. The maximum Gasteiger partial charge on any atom is 0.511 e. The molecule has 2 aliphatic heterocycles. The number of aryl methyl sites for hydroxylation is 1. The van der Waals surface area contributed by atoms with Crippen LogP contribution in [-0.4, -0.2) is 57.1 Å². The molecule has 5 rings (SSSR count). The highest BCUT2D eigenvalue weighted by molar-refractivity contribution is 9.10. The molecular weight excluding hydrogens is 589 g/mol. The van der Waals surface area contributed by atoms with Gasteiger partial charge in [0.05, 0.1) is 6.33 Å². The Morgan fingerprint density at radius 3 is 2.75 bits per heavy atom. The van der Waals surface area contributed by atoms with E-state index in [0.717, 1.165) is 9.37 Å². The second-order valence-electron chi connectivity index (χ2n) is 8.26. The van der Waals surface area contributed by atoms with Crippen LogP contribution in [0.3, 0.4) is 0 Å². The van der Waals surface area contributed by atoms with Crippen LogP contribution in [0.25, 0.3) is 11.2 Å². The van der Waals surface area contributed by atoms with E-state index in [4.69, 9.17) is 14.9 Å².